The highest BCUT2D eigenvalue weighted by Crippen LogP contribution is 2.37. The van der Waals surface area contributed by atoms with Crippen LogP contribution in [0, 0.1) is 6.92 Å². The van der Waals surface area contributed by atoms with Gasteiger partial charge in [0.15, 0.2) is 0 Å². The normalized spacial score (nSPS) is 16.1. The Kier molecular flexibility index (Phi) is 6.92. The number of halogens is 1. The number of piperidine rings is 1. The van der Waals surface area contributed by atoms with Gasteiger partial charge in [0.1, 0.15) is 21.4 Å². The minimum absolute atomic E-state index is 0.298. The highest BCUT2D eigenvalue weighted by Gasteiger charge is 2.27. The molecule has 0 aliphatic carbocycles. The summed E-state index contributed by atoms with van der Waals surface area (Å²) in [6, 6.07) is 10.00. The molecule has 1 saturated heterocycles. The number of fused-ring (bicyclic) bond motifs is 2. The summed E-state index contributed by atoms with van der Waals surface area (Å²) in [6.45, 7) is 8.99. The summed E-state index contributed by atoms with van der Waals surface area (Å²) in [5.41, 5.74) is 5.55. The molecule has 0 radical (unpaired) electrons. The van der Waals surface area contributed by atoms with Crippen LogP contribution >= 0.6 is 11.6 Å². The van der Waals surface area contributed by atoms with E-state index in [-0.39, 0.29) is 5.25 Å². The standard InChI is InChI=1S/C28H31ClN6O2S/c1-18(9-12-26(30-3)34-15-13-20(14-16-34)38(5,36)37)35-28-19(2)24(29)11-10-22(28)27(32-35)21-7-6-8-25-23(21)17-33(4)31-25/h6-12,17,20H,3,13-16H2,1-2,4-5H3/b18-9+,26-12+. The molecule has 8 nitrogen and oxygen atoms in total. The van der Waals surface area contributed by atoms with Gasteiger partial charge in [-0.2, -0.15) is 10.2 Å². The van der Waals surface area contributed by atoms with Crippen LogP contribution in [0.15, 0.2) is 59.5 Å². The first-order chi connectivity index (χ1) is 18.1. The first-order valence-corrected chi connectivity index (χ1v) is 14.8. The van der Waals surface area contributed by atoms with E-state index < -0.39 is 9.84 Å². The molecule has 0 unspecified atom stereocenters. The summed E-state index contributed by atoms with van der Waals surface area (Å²) >= 11 is 6.55. The summed E-state index contributed by atoms with van der Waals surface area (Å²) in [5.74, 6) is 0.711. The Morgan fingerprint density at radius 1 is 1.13 bits per heavy atom. The van der Waals surface area contributed by atoms with Gasteiger partial charge in [0.25, 0.3) is 0 Å². The number of hydrogen-bond acceptors (Lipinski definition) is 6. The lowest BCUT2D eigenvalue weighted by Gasteiger charge is -2.32. The number of aliphatic imine (C=N–C) groups is 1. The van der Waals surface area contributed by atoms with Crippen molar-refractivity contribution in [2.75, 3.05) is 19.3 Å². The molecule has 38 heavy (non-hydrogen) atoms. The molecule has 5 rings (SSSR count). The second-order valence-electron chi connectivity index (χ2n) is 9.88. The van der Waals surface area contributed by atoms with E-state index in [1.807, 2.05) is 72.9 Å². The molecule has 0 atom stereocenters. The van der Waals surface area contributed by atoms with Gasteiger partial charge < -0.3 is 4.90 Å². The summed E-state index contributed by atoms with van der Waals surface area (Å²) in [7, 11) is -1.12. The van der Waals surface area contributed by atoms with Crippen molar-refractivity contribution in [1.29, 1.82) is 0 Å². The van der Waals surface area contributed by atoms with E-state index in [9.17, 15) is 8.42 Å². The maximum atomic E-state index is 11.9. The van der Waals surface area contributed by atoms with E-state index in [2.05, 4.69) is 27.8 Å². The van der Waals surface area contributed by atoms with Crippen molar-refractivity contribution in [1.82, 2.24) is 24.5 Å². The molecule has 0 bridgehead atoms. The van der Waals surface area contributed by atoms with Gasteiger partial charge in [0.2, 0.25) is 0 Å². The average Bonchev–Trinajstić information content (AvgIpc) is 3.46. The summed E-state index contributed by atoms with van der Waals surface area (Å²) in [5, 5.41) is 12.0. The van der Waals surface area contributed by atoms with E-state index in [0.29, 0.717) is 36.8 Å². The molecule has 2 aromatic carbocycles. The summed E-state index contributed by atoms with van der Waals surface area (Å²) in [6.07, 6.45) is 8.37. The summed E-state index contributed by atoms with van der Waals surface area (Å²) in [4.78, 5) is 6.31. The van der Waals surface area contributed by atoms with Crippen molar-refractivity contribution in [2.24, 2.45) is 12.0 Å². The van der Waals surface area contributed by atoms with Crippen molar-refractivity contribution in [2.45, 2.75) is 31.9 Å². The Labute approximate surface area is 227 Å². The van der Waals surface area contributed by atoms with E-state index in [1.54, 1.807) is 0 Å². The van der Waals surface area contributed by atoms with Gasteiger partial charge in [-0.1, -0.05) is 23.7 Å². The fourth-order valence-electron chi connectivity index (χ4n) is 5.20. The van der Waals surface area contributed by atoms with Crippen molar-refractivity contribution in [3.05, 3.63) is 65.1 Å². The fourth-order valence-corrected chi connectivity index (χ4v) is 6.42. The van der Waals surface area contributed by atoms with E-state index in [4.69, 9.17) is 16.7 Å². The third-order valence-electron chi connectivity index (χ3n) is 7.29. The van der Waals surface area contributed by atoms with Gasteiger partial charge in [-0.25, -0.2) is 18.1 Å². The van der Waals surface area contributed by atoms with E-state index in [0.717, 1.165) is 44.3 Å². The summed E-state index contributed by atoms with van der Waals surface area (Å²) < 4.78 is 27.6. The van der Waals surface area contributed by atoms with Crippen LogP contribution in [-0.4, -0.2) is 64.2 Å². The molecule has 0 spiro atoms. The van der Waals surface area contributed by atoms with Crippen LogP contribution in [0.2, 0.25) is 5.02 Å². The second kappa shape index (κ2) is 10.0. The maximum Gasteiger partial charge on any atom is 0.150 e. The van der Waals surface area contributed by atoms with E-state index in [1.165, 1.54) is 6.26 Å². The fraction of sp³-hybridized carbons (Fsp3) is 0.321. The zero-order valence-electron chi connectivity index (χ0n) is 22.0. The predicted octanol–water partition coefficient (Wildman–Crippen LogP) is 5.46. The van der Waals surface area contributed by atoms with Crippen LogP contribution in [-0.2, 0) is 16.9 Å². The monoisotopic (exact) mass is 550 g/mol. The van der Waals surface area contributed by atoms with Crippen molar-refractivity contribution in [3.8, 4) is 11.3 Å². The Hall–Kier alpha value is -3.43. The second-order valence-corrected chi connectivity index (χ2v) is 12.6. The van der Waals surface area contributed by atoms with Gasteiger partial charge in [-0.15, -0.1) is 0 Å². The van der Waals surface area contributed by atoms with Crippen molar-refractivity contribution < 1.29 is 8.42 Å². The Bertz CT molecular complexity index is 1720. The van der Waals surface area contributed by atoms with Gasteiger partial charge in [-0.05, 0) is 69.3 Å². The lowest BCUT2D eigenvalue weighted by atomic mass is 10.0. The molecule has 1 fully saturated rings. The first-order valence-electron chi connectivity index (χ1n) is 12.5. The molecule has 10 heteroatoms. The van der Waals surface area contributed by atoms with Crippen molar-refractivity contribution >= 4 is 55.7 Å². The van der Waals surface area contributed by atoms with E-state index >= 15 is 0 Å². The van der Waals surface area contributed by atoms with Gasteiger partial charge in [0, 0.05) is 59.6 Å². The van der Waals surface area contributed by atoms with Crippen LogP contribution in [0.1, 0.15) is 25.3 Å². The highest BCUT2D eigenvalue weighted by atomic mass is 35.5. The smallest absolute Gasteiger partial charge is 0.150 e. The topological polar surface area (TPSA) is 85.4 Å². The molecule has 1 aliphatic heterocycles. The van der Waals surface area contributed by atoms with Gasteiger partial charge >= 0.3 is 0 Å². The van der Waals surface area contributed by atoms with Crippen LogP contribution in [0.5, 0.6) is 0 Å². The molecule has 4 aromatic rings. The Morgan fingerprint density at radius 2 is 1.87 bits per heavy atom. The molecule has 0 saturated carbocycles. The average molecular weight is 551 g/mol. The SMILES string of the molecule is C=N/C(=C\C=C(/C)n1nc(-c2cccc3nn(C)cc23)c2ccc(Cl)c(C)c21)N1CCC(S(C)(=O)=O)CC1. The first kappa shape index (κ1) is 26.2. The lowest BCUT2D eigenvalue weighted by Crippen LogP contribution is -2.38. The number of hydrogen-bond donors (Lipinski definition) is 0. The number of aryl methyl sites for hydroxylation is 2. The minimum Gasteiger partial charge on any atom is -0.357 e. The molecular formula is C28H31ClN6O2S. The number of benzene rings is 2. The quantitative estimate of drug-likeness (QED) is 0.235. The molecule has 2 aromatic heterocycles. The number of allylic oxidation sites excluding steroid dienone is 3. The molecular weight excluding hydrogens is 520 g/mol. The molecule has 0 N–H and O–H groups in total. The van der Waals surface area contributed by atoms with Crippen molar-refractivity contribution in [3.63, 3.8) is 0 Å². The number of aromatic nitrogens is 4. The van der Waals surface area contributed by atoms with Crippen LogP contribution in [0.4, 0.5) is 0 Å². The Morgan fingerprint density at radius 3 is 2.55 bits per heavy atom. The third kappa shape index (κ3) is 4.76. The number of likely N-dealkylation sites (tertiary alicyclic amines) is 1. The Balaban J connectivity index is 1.56. The third-order valence-corrected chi connectivity index (χ3v) is 9.38. The van der Waals surface area contributed by atoms with Gasteiger partial charge in [-0.3, -0.25) is 4.68 Å². The number of sulfone groups is 1. The zero-order valence-corrected chi connectivity index (χ0v) is 23.6. The molecule has 0 amide bonds. The van der Waals surface area contributed by atoms with Crippen LogP contribution in [0.3, 0.4) is 0 Å². The lowest BCUT2D eigenvalue weighted by molar-refractivity contribution is 0.284. The number of nitrogens with zero attached hydrogens (tertiary/aromatic N) is 6. The number of rotatable bonds is 6. The maximum absolute atomic E-state index is 11.9. The minimum atomic E-state index is -3.04. The largest absolute Gasteiger partial charge is 0.357 e. The van der Waals surface area contributed by atoms with Gasteiger partial charge in [0.05, 0.1) is 16.3 Å². The zero-order chi connectivity index (χ0) is 27.2. The highest BCUT2D eigenvalue weighted by molar-refractivity contribution is 7.91. The van der Waals surface area contributed by atoms with Crippen LogP contribution < -0.4 is 0 Å². The molecule has 198 valence electrons. The predicted molar refractivity (Wildman–Crippen MR) is 156 cm³/mol. The molecule has 1 aliphatic rings. The van der Waals surface area contributed by atoms with Crippen LogP contribution in [0.25, 0.3) is 38.8 Å². The molecule has 3 heterocycles.